The summed E-state index contributed by atoms with van der Waals surface area (Å²) in [5, 5.41) is 0.784. The largest absolute Gasteiger partial charge is 0.379 e. The summed E-state index contributed by atoms with van der Waals surface area (Å²) in [6, 6.07) is 0. The maximum Gasteiger partial charge on any atom is 0.261 e. The van der Waals surface area contributed by atoms with Crippen molar-refractivity contribution in [3.05, 3.63) is 21.7 Å². The normalized spacial score (nSPS) is 16.2. The Labute approximate surface area is 130 Å². The van der Waals surface area contributed by atoms with Crippen molar-refractivity contribution in [3.8, 4) is 0 Å². The molecule has 0 aromatic carbocycles. The Hall–Kier alpha value is -1.84. The molecule has 0 spiro atoms. The number of morpholine rings is 1. The van der Waals surface area contributed by atoms with Gasteiger partial charge in [0.05, 0.1) is 35.7 Å². The molecule has 3 heterocycles. The van der Waals surface area contributed by atoms with Crippen LogP contribution in [-0.2, 0) is 11.3 Å². The molecule has 2 aromatic heterocycles. The van der Waals surface area contributed by atoms with Crippen LogP contribution in [0.25, 0.3) is 11.0 Å². The third kappa shape index (κ3) is 2.74. The molecule has 0 aliphatic carbocycles. The van der Waals surface area contributed by atoms with E-state index >= 15 is 0 Å². The number of rotatable bonds is 4. The van der Waals surface area contributed by atoms with Crippen LogP contribution in [0.1, 0.15) is 16.2 Å². The summed E-state index contributed by atoms with van der Waals surface area (Å²) in [5.41, 5.74) is 5.63. The lowest BCUT2D eigenvalue weighted by Crippen LogP contribution is -2.36. The zero-order valence-corrected chi connectivity index (χ0v) is 13.0. The molecule has 0 unspecified atom stereocenters. The Balaban J connectivity index is 2.01. The summed E-state index contributed by atoms with van der Waals surface area (Å²) < 4.78 is 5.30. The van der Waals surface area contributed by atoms with E-state index in [1.165, 1.54) is 11.8 Å². The number of hydrogen-bond donors (Lipinski definition) is 3. The molecule has 3 rings (SSSR count). The molecule has 0 atom stereocenters. The average molecular weight is 323 g/mol. The molecular formula is C13H17N5O3S. The first-order valence-corrected chi connectivity index (χ1v) is 8.11. The highest BCUT2D eigenvalue weighted by atomic mass is 32.2. The molecule has 9 heteroatoms. The molecule has 0 bridgehead atoms. The molecular weight excluding hydrogens is 306 g/mol. The van der Waals surface area contributed by atoms with E-state index in [9.17, 15) is 9.59 Å². The number of hydrogen-bond acceptors (Lipinski definition) is 6. The minimum Gasteiger partial charge on any atom is -0.379 e. The number of H-pyrrole nitrogens is 2. The highest BCUT2D eigenvalue weighted by Crippen LogP contribution is 2.24. The number of fused-ring (bicyclic) bond motifs is 1. The van der Waals surface area contributed by atoms with Crippen LogP contribution in [0.2, 0.25) is 0 Å². The van der Waals surface area contributed by atoms with Gasteiger partial charge in [0.25, 0.3) is 11.5 Å². The topological polar surface area (TPSA) is 117 Å². The van der Waals surface area contributed by atoms with Crippen LogP contribution in [0.15, 0.2) is 9.82 Å². The highest BCUT2D eigenvalue weighted by molar-refractivity contribution is 7.98. The van der Waals surface area contributed by atoms with Gasteiger partial charge in [0, 0.05) is 13.1 Å². The maximum atomic E-state index is 12.3. The van der Waals surface area contributed by atoms with Gasteiger partial charge in [0.15, 0.2) is 0 Å². The fraction of sp³-hybridized carbons (Fsp3) is 0.462. The van der Waals surface area contributed by atoms with Gasteiger partial charge in [-0.25, -0.2) is 4.98 Å². The Morgan fingerprint density at radius 3 is 2.77 bits per heavy atom. The molecule has 1 saturated heterocycles. The molecule has 1 amide bonds. The van der Waals surface area contributed by atoms with Crippen molar-refractivity contribution in [1.29, 1.82) is 0 Å². The zero-order valence-electron chi connectivity index (χ0n) is 12.1. The van der Waals surface area contributed by atoms with Crippen LogP contribution in [-0.4, -0.2) is 58.3 Å². The van der Waals surface area contributed by atoms with E-state index in [1.54, 1.807) is 6.26 Å². The molecule has 4 N–H and O–H groups in total. The molecule has 22 heavy (non-hydrogen) atoms. The standard InChI is InChI=1S/C13H17N5O3S/c1-22-13-8(10(14)19)9-11(17-13)15-7(16-12(9)20)6-18-2-4-21-5-3-18/h2-6H2,1H3,(H2,14,19)(H2,15,16,17,20). The molecule has 8 nitrogen and oxygen atoms in total. The monoisotopic (exact) mass is 323 g/mol. The third-order valence-corrected chi connectivity index (χ3v) is 4.32. The van der Waals surface area contributed by atoms with Crippen LogP contribution in [0, 0.1) is 0 Å². The fourth-order valence-electron chi connectivity index (χ4n) is 2.56. The number of thioether (sulfide) groups is 1. The molecule has 1 fully saturated rings. The summed E-state index contributed by atoms with van der Waals surface area (Å²) in [5.74, 6) is -0.0758. The molecule has 118 valence electrons. The van der Waals surface area contributed by atoms with E-state index in [0.717, 1.165) is 13.1 Å². The van der Waals surface area contributed by atoms with E-state index in [-0.39, 0.29) is 16.5 Å². The first kappa shape index (κ1) is 15.1. The Morgan fingerprint density at radius 2 is 2.14 bits per heavy atom. The van der Waals surface area contributed by atoms with E-state index in [2.05, 4.69) is 19.9 Å². The maximum absolute atomic E-state index is 12.3. The van der Waals surface area contributed by atoms with Gasteiger partial charge in [-0.3, -0.25) is 14.5 Å². The Morgan fingerprint density at radius 1 is 1.41 bits per heavy atom. The lowest BCUT2D eigenvalue weighted by molar-refractivity contribution is 0.0331. The van der Waals surface area contributed by atoms with Crippen LogP contribution in [0.4, 0.5) is 0 Å². The highest BCUT2D eigenvalue weighted by Gasteiger charge is 2.21. The van der Waals surface area contributed by atoms with Gasteiger partial charge in [-0.2, -0.15) is 0 Å². The predicted octanol–water partition coefficient (Wildman–Crippen LogP) is -0.0958. The summed E-state index contributed by atoms with van der Waals surface area (Å²) >= 11 is 1.32. The number of nitrogens with one attached hydrogen (secondary N) is 2. The molecule has 1 aliphatic heterocycles. The number of amides is 1. The predicted molar refractivity (Wildman–Crippen MR) is 83.1 cm³/mol. The van der Waals surface area contributed by atoms with Crippen molar-refractivity contribution in [2.24, 2.45) is 5.73 Å². The second-order valence-corrected chi connectivity index (χ2v) is 5.84. The number of aromatic nitrogens is 3. The first-order chi connectivity index (χ1) is 10.6. The minimum atomic E-state index is -0.635. The lowest BCUT2D eigenvalue weighted by Gasteiger charge is -2.25. The van der Waals surface area contributed by atoms with Crippen molar-refractivity contribution in [1.82, 2.24) is 19.9 Å². The van der Waals surface area contributed by atoms with Crippen molar-refractivity contribution in [2.45, 2.75) is 11.6 Å². The Kier molecular flexibility index (Phi) is 4.19. The number of primary amides is 1. The van der Waals surface area contributed by atoms with Crippen LogP contribution in [0.5, 0.6) is 0 Å². The van der Waals surface area contributed by atoms with Gasteiger partial charge in [0.2, 0.25) is 0 Å². The average Bonchev–Trinajstić information content (AvgIpc) is 2.87. The van der Waals surface area contributed by atoms with Crippen molar-refractivity contribution >= 4 is 28.7 Å². The number of carbonyl (C=O) groups is 1. The summed E-state index contributed by atoms with van der Waals surface area (Å²) in [6.45, 7) is 3.49. The molecule has 2 aromatic rings. The van der Waals surface area contributed by atoms with Gasteiger partial charge in [-0.05, 0) is 6.26 Å². The van der Waals surface area contributed by atoms with Gasteiger partial charge in [-0.15, -0.1) is 11.8 Å². The van der Waals surface area contributed by atoms with Crippen molar-refractivity contribution in [2.75, 3.05) is 32.6 Å². The van der Waals surface area contributed by atoms with E-state index in [0.29, 0.717) is 36.3 Å². The van der Waals surface area contributed by atoms with Crippen molar-refractivity contribution in [3.63, 3.8) is 0 Å². The fourth-order valence-corrected chi connectivity index (χ4v) is 3.17. The number of aromatic amines is 2. The quantitative estimate of drug-likeness (QED) is 0.677. The van der Waals surface area contributed by atoms with Crippen LogP contribution in [0.3, 0.4) is 0 Å². The van der Waals surface area contributed by atoms with E-state index in [1.807, 2.05) is 0 Å². The number of ether oxygens (including phenoxy) is 1. The number of nitrogens with two attached hydrogens (primary N) is 1. The number of carbonyl (C=O) groups excluding carboxylic acids is 1. The summed E-state index contributed by atoms with van der Waals surface area (Å²) in [4.78, 5) is 36.2. The molecule has 1 aliphatic rings. The summed E-state index contributed by atoms with van der Waals surface area (Å²) in [6.07, 6.45) is 1.81. The van der Waals surface area contributed by atoms with Crippen molar-refractivity contribution < 1.29 is 9.53 Å². The van der Waals surface area contributed by atoms with E-state index in [4.69, 9.17) is 10.5 Å². The first-order valence-electron chi connectivity index (χ1n) is 6.89. The van der Waals surface area contributed by atoms with Crippen LogP contribution < -0.4 is 11.3 Å². The second kappa shape index (κ2) is 6.11. The SMILES string of the molecule is CSc1[nH]c2nc(CN3CCOCC3)[nH]c(=O)c2c1C(N)=O. The second-order valence-electron chi connectivity index (χ2n) is 5.02. The molecule has 0 saturated carbocycles. The third-order valence-electron chi connectivity index (χ3n) is 3.61. The smallest absolute Gasteiger partial charge is 0.261 e. The minimum absolute atomic E-state index is 0.203. The van der Waals surface area contributed by atoms with Gasteiger partial charge < -0.3 is 20.4 Å². The van der Waals surface area contributed by atoms with E-state index < -0.39 is 5.91 Å². The Bertz CT molecular complexity index is 763. The zero-order chi connectivity index (χ0) is 15.7. The van der Waals surface area contributed by atoms with Gasteiger partial charge >= 0.3 is 0 Å². The summed E-state index contributed by atoms with van der Waals surface area (Å²) in [7, 11) is 0. The van der Waals surface area contributed by atoms with Gasteiger partial charge in [-0.1, -0.05) is 0 Å². The van der Waals surface area contributed by atoms with Crippen LogP contribution >= 0.6 is 11.8 Å². The lowest BCUT2D eigenvalue weighted by atomic mass is 10.2. The van der Waals surface area contributed by atoms with Gasteiger partial charge in [0.1, 0.15) is 11.5 Å². The molecule has 0 radical (unpaired) electrons. The number of nitrogens with zero attached hydrogens (tertiary/aromatic N) is 2.